The second-order valence-electron chi connectivity index (χ2n) is 4.28. The molecule has 0 fully saturated rings. The van der Waals surface area contributed by atoms with E-state index >= 15 is 0 Å². The maximum absolute atomic E-state index is 11.9. The molecule has 108 valence electrons. The topological polar surface area (TPSA) is 98.3 Å². The SMILES string of the molecule is CCn1cc(C(=O)/C=C/c2cc(O)ccc2[N+](=O)[O-])cn1. The average molecular weight is 287 g/mol. The number of ketones is 1. The molecular weight excluding hydrogens is 274 g/mol. The van der Waals surface area contributed by atoms with Gasteiger partial charge in [-0.3, -0.25) is 19.6 Å². The van der Waals surface area contributed by atoms with Crippen LogP contribution in [0.5, 0.6) is 5.75 Å². The van der Waals surface area contributed by atoms with E-state index in [2.05, 4.69) is 5.10 Å². The lowest BCUT2D eigenvalue weighted by atomic mass is 10.1. The summed E-state index contributed by atoms with van der Waals surface area (Å²) in [5.41, 5.74) is 0.383. The summed E-state index contributed by atoms with van der Waals surface area (Å²) in [4.78, 5) is 22.3. The summed E-state index contributed by atoms with van der Waals surface area (Å²) in [6.07, 6.45) is 5.57. The molecule has 0 saturated heterocycles. The highest BCUT2D eigenvalue weighted by Crippen LogP contribution is 2.24. The van der Waals surface area contributed by atoms with Crippen LogP contribution < -0.4 is 0 Å². The second-order valence-corrected chi connectivity index (χ2v) is 4.28. The van der Waals surface area contributed by atoms with Gasteiger partial charge in [-0.05, 0) is 31.2 Å². The molecule has 0 unspecified atom stereocenters. The van der Waals surface area contributed by atoms with Crippen molar-refractivity contribution in [2.45, 2.75) is 13.5 Å². The fourth-order valence-electron chi connectivity index (χ4n) is 1.77. The summed E-state index contributed by atoms with van der Waals surface area (Å²) in [5.74, 6) is -0.418. The fourth-order valence-corrected chi connectivity index (χ4v) is 1.77. The standard InChI is InChI=1S/C14H13N3O4/c1-2-16-9-11(8-15-16)14(19)6-3-10-7-12(18)4-5-13(10)17(20)21/h3-9,18H,2H2,1H3/b6-3+. The first-order valence-corrected chi connectivity index (χ1v) is 6.23. The van der Waals surface area contributed by atoms with E-state index in [1.807, 2.05) is 6.92 Å². The van der Waals surface area contributed by atoms with Crippen LogP contribution in [0, 0.1) is 10.1 Å². The molecule has 0 amide bonds. The van der Waals surface area contributed by atoms with Gasteiger partial charge in [0.2, 0.25) is 0 Å². The first kappa shape index (κ1) is 14.4. The zero-order valence-electron chi connectivity index (χ0n) is 11.3. The molecule has 1 aromatic heterocycles. The van der Waals surface area contributed by atoms with Gasteiger partial charge in [-0.2, -0.15) is 5.10 Å². The van der Waals surface area contributed by atoms with Crippen LogP contribution in [0.3, 0.4) is 0 Å². The lowest BCUT2D eigenvalue weighted by Crippen LogP contribution is -1.95. The van der Waals surface area contributed by atoms with Crippen molar-refractivity contribution in [1.29, 1.82) is 0 Å². The Bertz CT molecular complexity index is 719. The summed E-state index contributed by atoms with van der Waals surface area (Å²) < 4.78 is 1.61. The number of phenols is 1. The van der Waals surface area contributed by atoms with Gasteiger partial charge in [0.1, 0.15) is 5.75 Å². The van der Waals surface area contributed by atoms with Crippen molar-refractivity contribution in [1.82, 2.24) is 9.78 Å². The van der Waals surface area contributed by atoms with E-state index in [1.54, 1.807) is 10.9 Å². The number of nitrogens with zero attached hydrogens (tertiary/aromatic N) is 3. The molecule has 0 spiro atoms. The van der Waals surface area contributed by atoms with Crippen LogP contribution >= 0.6 is 0 Å². The molecule has 1 heterocycles. The molecule has 1 aromatic carbocycles. The first-order chi connectivity index (χ1) is 10.0. The lowest BCUT2D eigenvalue weighted by Gasteiger charge is -1.98. The number of nitro benzene ring substituents is 1. The van der Waals surface area contributed by atoms with E-state index in [0.717, 1.165) is 0 Å². The van der Waals surface area contributed by atoms with E-state index in [0.29, 0.717) is 12.1 Å². The van der Waals surface area contributed by atoms with E-state index in [-0.39, 0.29) is 22.8 Å². The normalized spacial score (nSPS) is 10.9. The van der Waals surface area contributed by atoms with E-state index in [4.69, 9.17) is 0 Å². The average Bonchev–Trinajstić information content (AvgIpc) is 2.93. The predicted molar refractivity (Wildman–Crippen MR) is 76.0 cm³/mol. The lowest BCUT2D eigenvalue weighted by molar-refractivity contribution is -0.385. The minimum atomic E-state index is -0.571. The Balaban J connectivity index is 2.26. The Morgan fingerprint density at radius 3 is 2.90 bits per heavy atom. The van der Waals surface area contributed by atoms with Gasteiger partial charge in [0.05, 0.1) is 22.2 Å². The molecule has 7 heteroatoms. The summed E-state index contributed by atoms with van der Waals surface area (Å²) in [7, 11) is 0. The van der Waals surface area contributed by atoms with Gasteiger partial charge >= 0.3 is 0 Å². The number of aromatic hydroxyl groups is 1. The van der Waals surface area contributed by atoms with Crippen LogP contribution in [0.1, 0.15) is 22.8 Å². The zero-order valence-corrected chi connectivity index (χ0v) is 11.3. The molecule has 2 rings (SSSR count). The Kier molecular flexibility index (Phi) is 4.13. The van der Waals surface area contributed by atoms with Crippen molar-refractivity contribution in [3.8, 4) is 5.75 Å². The number of aromatic nitrogens is 2. The number of aryl methyl sites for hydroxylation is 1. The third kappa shape index (κ3) is 3.33. The summed E-state index contributed by atoms with van der Waals surface area (Å²) >= 11 is 0. The molecular formula is C14H13N3O4. The molecule has 0 aliphatic carbocycles. The first-order valence-electron chi connectivity index (χ1n) is 6.23. The third-order valence-electron chi connectivity index (χ3n) is 2.86. The molecule has 0 bridgehead atoms. The van der Waals surface area contributed by atoms with Crippen molar-refractivity contribution < 1.29 is 14.8 Å². The molecule has 0 saturated carbocycles. The maximum atomic E-state index is 11.9. The third-order valence-corrected chi connectivity index (χ3v) is 2.86. The van der Waals surface area contributed by atoms with Gasteiger partial charge in [0, 0.05) is 18.8 Å². The molecule has 1 N–H and O–H groups in total. The largest absolute Gasteiger partial charge is 0.508 e. The molecule has 0 atom stereocenters. The highest BCUT2D eigenvalue weighted by Gasteiger charge is 2.12. The maximum Gasteiger partial charge on any atom is 0.276 e. The Morgan fingerprint density at radius 2 is 2.29 bits per heavy atom. The highest BCUT2D eigenvalue weighted by atomic mass is 16.6. The van der Waals surface area contributed by atoms with Gasteiger partial charge in [0.25, 0.3) is 5.69 Å². The van der Waals surface area contributed by atoms with E-state index < -0.39 is 4.92 Å². The Labute approximate surface area is 120 Å². The Hall–Kier alpha value is -2.96. The number of phenolic OH excluding ortho intramolecular Hbond substituents is 1. The van der Waals surface area contributed by atoms with Crippen molar-refractivity contribution in [2.75, 3.05) is 0 Å². The summed E-state index contributed by atoms with van der Waals surface area (Å²) in [6, 6.07) is 3.65. The fraction of sp³-hybridized carbons (Fsp3) is 0.143. The molecule has 0 aliphatic rings. The minimum absolute atomic E-state index is 0.105. The Morgan fingerprint density at radius 1 is 1.52 bits per heavy atom. The molecule has 21 heavy (non-hydrogen) atoms. The molecule has 0 aliphatic heterocycles. The molecule has 7 nitrogen and oxygen atoms in total. The van der Waals surface area contributed by atoms with E-state index in [9.17, 15) is 20.0 Å². The monoisotopic (exact) mass is 287 g/mol. The number of allylic oxidation sites excluding steroid dienone is 1. The van der Waals surface area contributed by atoms with Gasteiger partial charge in [-0.15, -0.1) is 0 Å². The number of hydrogen-bond donors (Lipinski definition) is 1. The number of nitro groups is 1. The van der Waals surface area contributed by atoms with Crippen LogP contribution in [0.2, 0.25) is 0 Å². The predicted octanol–water partition coefficient (Wildman–Crippen LogP) is 2.41. The molecule has 2 aromatic rings. The highest BCUT2D eigenvalue weighted by molar-refractivity contribution is 6.06. The molecule has 0 radical (unpaired) electrons. The minimum Gasteiger partial charge on any atom is -0.508 e. The van der Waals surface area contributed by atoms with Crippen LogP contribution in [-0.2, 0) is 6.54 Å². The van der Waals surface area contributed by atoms with Crippen molar-refractivity contribution >= 4 is 17.5 Å². The van der Waals surface area contributed by atoms with E-state index in [1.165, 1.54) is 36.5 Å². The zero-order chi connectivity index (χ0) is 15.4. The van der Waals surface area contributed by atoms with Gasteiger partial charge < -0.3 is 5.11 Å². The van der Waals surface area contributed by atoms with Crippen LogP contribution in [0.4, 0.5) is 5.69 Å². The van der Waals surface area contributed by atoms with Gasteiger partial charge in [-0.25, -0.2) is 0 Å². The smallest absolute Gasteiger partial charge is 0.276 e. The second kappa shape index (κ2) is 6.00. The van der Waals surface area contributed by atoms with Crippen LogP contribution in [0.25, 0.3) is 6.08 Å². The van der Waals surface area contributed by atoms with Crippen molar-refractivity contribution in [2.24, 2.45) is 0 Å². The van der Waals surface area contributed by atoms with Gasteiger partial charge in [-0.1, -0.05) is 0 Å². The quantitative estimate of drug-likeness (QED) is 0.394. The van der Waals surface area contributed by atoms with Crippen molar-refractivity contribution in [3.05, 3.63) is 57.9 Å². The van der Waals surface area contributed by atoms with Crippen molar-refractivity contribution in [3.63, 3.8) is 0 Å². The number of hydrogen-bond acceptors (Lipinski definition) is 5. The number of benzene rings is 1. The summed E-state index contributed by atoms with van der Waals surface area (Å²) in [6.45, 7) is 2.54. The summed E-state index contributed by atoms with van der Waals surface area (Å²) in [5, 5.41) is 24.2. The number of carbonyl (C=O) groups excluding carboxylic acids is 1. The number of rotatable bonds is 5. The van der Waals surface area contributed by atoms with Gasteiger partial charge in [0.15, 0.2) is 5.78 Å². The van der Waals surface area contributed by atoms with Crippen LogP contribution in [0.15, 0.2) is 36.7 Å². The van der Waals surface area contributed by atoms with Crippen LogP contribution in [-0.4, -0.2) is 25.6 Å². The number of carbonyl (C=O) groups is 1.